The van der Waals surface area contributed by atoms with Crippen molar-refractivity contribution < 1.29 is 13.6 Å². The molecular formula is C16H23F2N3O. The van der Waals surface area contributed by atoms with Gasteiger partial charge >= 0.3 is 0 Å². The van der Waals surface area contributed by atoms with E-state index in [1.54, 1.807) is 6.92 Å². The molecule has 122 valence electrons. The number of likely N-dealkylation sites (tertiary alicyclic amines) is 1. The molecule has 1 atom stereocenters. The largest absolute Gasteiger partial charge is 0.352 e. The lowest BCUT2D eigenvalue weighted by molar-refractivity contribution is -0.123. The first-order valence-corrected chi connectivity index (χ1v) is 7.66. The number of halogens is 2. The zero-order valence-electron chi connectivity index (χ0n) is 12.8. The molecule has 0 radical (unpaired) electrons. The van der Waals surface area contributed by atoms with Crippen LogP contribution in [0.1, 0.15) is 25.3 Å². The van der Waals surface area contributed by atoms with E-state index in [9.17, 15) is 13.6 Å². The summed E-state index contributed by atoms with van der Waals surface area (Å²) in [6, 6.07) is 3.68. The summed E-state index contributed by atoms with van der Waals surface area (Å²) in [5, 5.41) is 2.80. The van der Waals surface area contributed by atoms with E-state index in [4.69, 9.17) is 5.73 Å². The summed E-state index contributed by atoms with van der Waals surface area (Å²) >= 11 is 0. The Balaban J connectivity index is 1.81. The van der Waals surface area contributed by atoms with Gasteiger partial charge in [-0.25, -0.2) is 8.78 Å². The molecule has 1 aliphatic rings. The minimum atomic E-state index is -0.578. The summed E-state index contributed by atoms with van der Waals surface area (Å²) in [4.78, 5) is 14.0. The van der Waals surface area contributed by atoms with Crippen molar-refractivity contribution in [2.24, 2.45) is 5.73 Å². The standard InChI is InChI=1S/C16H23F2N3O/c1-11(9-13-14(17)3-2-4-15(13)18)20-16(22)10-21-7-5-12(19)6-8-21/h2-4,11-12H,5-10,19H2,1H3,(H,20,22). The molecule has 3 N–H and O–H groups in total. The third-order valence-corrected chi connectivity index (χ3v) is 3.98. The Morgan fingerprint density at radius 3 is 2.55 bits per heavy atom. The predicted octanol–water partition coefficient (Wildman–Crippen LogP) is 1.44. The molecule has 6 heteroatoms. The second kappa shape index (κ2) is 7.65. The highest BCUT2D eigenvalue weighted by Gasteiger charge is 2.19. The van der Waals surface area contributed by atoms with E-state index in [2.05, 4.69) is 10.2 Å². The van der Waals surface area contributed by atoms with Crippen LogP contribution in [0.3, 0.4) is 0 Å². The van der Waals surface area contributed by atoms with Gasteiger partial charge in [-0.2, -0.15) is 0 Å². The molecule has 0 aliphatic carbocycles. The van der Waals surface area contributed by atoms with Gasteiger partial charge in [-0.05, 0) is 38.3 Å². The Morgan fingerprint density at radius 1 is 1.36 bits per heavy atom. The van der Waals surface area contributed by atoms with Gasteiger partial charge in [0, 0.05) is 30.7 Å². The second-order valence-corrected chi connectivity index (χ2v) is 5.99. The van der Waals surface area contributed by atoms with Crippen molar-refractivity contribution in [1.29, 1.82) is 0 Å². The average Bonchev–Trinajstić information content (AvgIpc) is 2.45. The van der Waals surface area contributed by atoms with Crippen molar-refractivity contribution in [3.63, 3.8) is 0 Å². The molecule has 1 heterocycles. The molecule has 1 saturated heterocycles. The molecular weight excluding hydrogens is 288 g/mol. The van der Waals surface area contributed by atoms with Crippen molar-refractivity contribution in [2.45, 2.75) is 38.3 Å². The SMILES string of the molecule is CC(Cc1c(F)cccc1F)NC(=O)CN1CCC(N)CC1. The molecule has 1 aromatic carbocycles. The maximum atomic E-state index is 13.6. The molecule has 2 rings (SSSR count). The lowest BCUT2D eigenvalue weighted by Crippen LogP contribution is -2.46. The molecule has 1 aromatic rings. The first kappa shape index (κ1) is 16.8. The third kappa shape index (κ3) is 4.74. The highest BCUT2D eigenvalue weighted by atomic mass is 19.1. The first-order valence-electron chi connectivity index (χ1n) is 7.66. The fourth-order valence-electron chi connectivity index (χ4n) is 2.72. The van der Waals surface area contributed by atoms with Gasteiger partial charge in [0.25, 0.3) is 0 Å². The van der Waals surface area contributed by atoms with Gasteiger partial charge in [-0.15, -0.1) is 0 Å². The summed E-state index contributed by atoms with van der Waals surface area (Å²) in [5.74, 6) is -1.28. The van der Waals surface area contributed by atoms with Crippen LogP contribution >= 0.6 is 0 Å². The van der Waals surface area contributed by atoms with Crippen LogP contribution in [0.15, 0.2) is 18.2 Å². The van der Waals surface area contributed by atoms with Crippen molar-refractivity contribution in [3.05, 3.63) is 35.4 Å². The number of nitrogens with one attached hydrogen (secondary N) is 1. The summed E-state index contributed by atoms with van der Waals surface area (Å²) in [6.07, 6.45) is 1.92. The van der Waals surface area contributed by atoms with Crippen LogP contribution in [0.4, 0.5) is 8.78 Å². The number of rotatable bonds is 5. The summed E-state index contributed by atoms with van der Waals surface area (Å²) in [7, 11) is 0. The molecule has 0 bridgehead atoms. The molecule has 1 unspecified atom stereocenters. The molecule has 1 amide bonds. The molecule has 1 aliphatic heterocycles. The van der Waals surface area contributed by atoms with Gasteiger partial charge < -0.3 is 11.1 Å². The fourth-order valence-corrected chi connectivity index (χ4v) is 2.72. The van der Waals surface area contributed by atoms with Gasteiger partial charge in [0.2, 0.25) is 5.91 Å². The highest BCUT2D eigenvalue weighted by molar-refractivity contribution is 5.78. The highest BCUT2D eigenvalue weighted by Crippen LogP contribution is 2.14. The van der Waals surface area contributed by atoms with Crippen molar-refractivity contribution >= 4 is 5.91 Å². The summed E-state index contributed by atoms with van der Waals surface area (Å²) < 4.78 is 27.2. The number of hydrogen-bond donors (Lipinski definition) is 2. The molecule has 0 spiro atoms. The third-order valence-electron chi connectivity index (χ3n) is 3.98. The van der Waals surface area contributed by atoms with Crippen LogP contribution < -0.4 is 11.1 Å². The average molecular weight is 311 g/mol. The van der Waals surface area contributed by atoms with Crippen molar-refractivity contribution in [2.75, 3.05) is 19.6 Å². The van der Waals surface area contributed by atoms with Crippen LogP contribution in [0, 0.1) is 11.6 Å². The number of nitrogens with two attached hydrogens (primary N) is 1. The Bertz CT molecular complexity index is 496. The zero-order valence-corrected chi connectivity index (χ0v) is 12.8. The fraction of sp³-hybridized carbons (Fsp3) is 0.562. The Kier molecular flexibility index (Phi) is 5.85. The van der Waals surface area contributed by atoms with E-state index < -0.39 is 11.6 Å². The van der Waals surface area contributed by atoms with Crippen molar-refractivity contribution in [1.82, 2.24) is 10.2 Å². The van der Waals surface area contributed by atoms with Gasteiger partial charge in [0.1, 0.15) is 11.6 Å². The van der Waals surface area contributed by atoms with Crippen LogP contribution in [0.25, 0.3) is 0 Å². The van der Waals surface area contributed by atoms with E-state index in [-0.39, 0.29) is 30.0 Å². The Labute approximate surface area is 129 Å². The van der Waals surface area contributed by atoms with Gasteiger partial charge in [-0.1, -0.05) is 6.07 Å². The van der Waals surface area contributed by atoms with Gasteiger partial charge in [0.05, 0.1) is 6.54 Å². The van der Waals surface area contributed by atoms with Crippen LogP contribution in [0.2, 0.25) is 0 Å². The van der Waals surface area contributed by atoms with E-state index in [0.717, 1.165) is 25.9 Å². The van der Waals surface area contributed by atoms with Gasteiger partial charge in [0.15, 0.2) is 0 Å². The minimum Gasteiger partial charge on any atom is -0.352 e. The number of piperidine rings is 1. The maximum Gasteiger partial charge on any atom is 0.234 e. The first-order chi connectivity index (χ1) is 10.5. The monoisotopic (exact) mass is 311 g/mol. The zero-order chi connectivity index (χ0) is 16.1. The number of benzene rings is 1. The summed E-state index contributed by atoms with van der Waals surface area (Å²) in [6.45, 7) is 3.67. The molecule has 22 heavy (non-hydrogen) atoms. The van der Waals surface area contributed by atoms with E-state index in [1.807, 2.05) is 0 Å². The van der Waals surface area contributed by atoms with E-state index in [0.29, 0.717) is 6.54 Å². The predicted molar refractivity (Wildman–Crippen MR) is 81.3 cm³/mol. The van der Waals surface area contributed by atoms with Crippen LogP contribution in [-0.4, -0.2) is 42.5 Å². The molecule has 1 fully saturated rings. The number of amides is 1. The lowest BCUT2D eigenvalue weighted by atomic mass is 10.1. The normalized spacial score (nSPS) is 18.2. The number of carbonyl (C=O) groups excluding carboxylic acids is 1. The molecule has 0 aromatic heterocycles. The topological polar surface area (TPSA) is 58.4 Å². The summed E-state index contributed by atoms with van der Waals surface area (Å²) in [5.41, 5.74) is 5.84. The quantitative estimate of drug-likeness (QED) is 0.865. The number of hydrogen-bond acceptors (Lipinski definition) is 3. The number of carbonyl (C=O) groups is 1. The lowest BCUT2D eigenvalue weighted by Gasteiger charge is -2.29. The Morgan fingerprint density at radius 2 is 1.95 bits per heavy atom. The maximum absolute atomic E-state index is 13.6. The molecule has 4 nitrogen and oxygen atoms in total. The molecule has 0 saturated carbocycles. The Hall–Kier alpha value is -1.53. The van der Waals surface area contributed by atoms with Gasteiger partial charge in [-0.3, -0.25) is 9.69 Å². The smallest absolute Gasteiger partial charge is 0.234 e. The minimum absolute atomic E-state index is 0.0132. The van der Waals surface area contributed by atoms with E-state index in [1.165, 1.54) is 18.2 Å². The second-order valence-electron chi connectivity index (χ2n) is 5.99. The van der Waals surface area contributed by atoms with Crippen molar-refractivity contribution in [3.8, 4) is 0 Å². The van der Waals surface area contributed by atoms with E-state index >= 15 is 0 Å². The van der Waals surface area contributed by atoms with Crippen LogP contribution in [0.5, 0.6) is 0 Å². The van der Waals surface area contributed by atoms with Crippen LogP contribution in [-0.2, 0) is 11.2 Å². The number of nitrogens with zero attached hydrogens (tertiary/aromatic N) is 1.